The molecule has 0 aliphatic rings. The van der Waals surface area contributed by atoms with Gasteiger partial charge in [-0.3, -0.25) is 28.8 Å². The zero-order chi connectivity index (χ0) is 28.7. The Hall–Kier alpha value is -3.64. The zero-order valence-corrected chi connectivity index (χ0v) is 21.3. The molecule has 0 aromatic rings. The molecule has 0 aliphatic carbocycles. The molecule has 0 heterocycles. The summed E-state index contributed by atoms with van der Waals surface area (Å²) in [4.78, 5) is 93.0. The van der Waals surface area contributed by atoms with E-state index in [0.29, 0.717) is 0 Å². The predicted molar refractivity (Wildman–Crippen MR) is 127 cm³/mol. The first kappa shape index (κ1) is 33.4. The van der Waals surface area contributed by atoms with Crippen LogP contribution in [0.25, 0.3) is 0 Å². The second kappa shape index (κ2) is 16.9. The number of Topliss-reactive ketones (excluding diaryl/α,β-unsaturated/α-hetero) is 3. The van der Waals surface area contributed by atoms with Crippen molar-refractivity contribution in [1.82, 2.24) is 10.6 Å². The Balaban J connectivity index is 4.78. The number of carbonyl (C=O) groups excluding carboxylic acids is 5. The van der Waals surface area contributed by atoms with E-state index in [-0.39, 0.29) is 57.1 Å². The molecule has 13 nitrogen and oxygen atoms in total. The SMILES string of the molecule is CC(=O)CC[C@H](NC(=O)CC[C@H](CC(=O)CC[C@H](NC(=O)CC[C@H](C)C(=O)O)C(C)=O)C(=O)O)C(=O)O. The van der Waals surface area contributed by atoms with E-state index in [0.717, 1.165) is 0 Å². The van der Waals surface area contributed by atoms with Gasteiger partial charge in [-0.2, -0.15) is 0 Å². The van der Waals surface area contributed by atoms with Crippen LogP contribution in [-0.4, -0.2) is 74.5 Å². The van der Waals surface area contributed by atoms with Gasteiger partial charge >= 0.3 is 17.9 Å². The lowest BCUT2D eigenvalue weighted by Crippen LogP contribution is -2.41. The topological polar surface area (TPSA) is 221 Å². The molecule has 37 heavy (non-hydrogen) atoms. The number of hydrogen-bond acceptors (Lipinski definition) is 8. The number of nitrogens with one attached hydrogen (secondary N) is 2. The van der Waals surface area contributed by atoms with E-state index in [1.807, 2.05) is 0 Å². The molecule has 0 fully saturated rings. The van der Waals surface area contributed by atoms with Crippen molar-refractivity contribution in [3.8, 4) is 0 Å². The quantitative estimate of drug-likeness (QED) is 0.148. The minimum Gasteiger partial charge on any atom is -0.481 e. The fraction of sp³-hybridized carbons (Fsp3) is 0.667. The number of carboxylic acid groups (broad SMARTS) is 3. The van der Waals surface area contributed by atoms with Crippen LogP contribution < -0.4 is 10.6 Å². The van der Waals surface area contributed by atoms with Gasteiger partial charge in [-0.1, -0.05) is 6.92 Å². The first-order valence-electron chi connectivity index (χ1n) is 11.9. The Kier molecular flexibility index (Phi) is 15.3. The van der Waals surface area contributed by atoms with Crippen LogP contribution in [0.3, 0.4) is 0 Å². The summed E-state index contributed by atoms with van der Waals surface area (Å²) < 4.78 is 0. The van der Waals surface area contributed by atoms with E-state index in [9.17, 15) is 43.5 Å². The van der Waals surface area contributed by atoms with Crippen LogP contribution in [-0.2, 0) is 38.4 Å². The number of ketones is 3. The highest BCUT2D eigenvalue weighted by Crippen LogP contribution is 2.16. The normalized spacial score (nSPS) is 13.9. The summed E-state index contributed by atoms with van der Waals surface area (Å²) in [5.74, 6) is -8.11. The van der Waals surface area contributed by atoms with Gasteiger partial charge in [-0.05, 0) is 39.5 Å². The highest BCUT2D eigenvalue weighted by Gasteiger charge is 2.26. The molecule has 13 heteroatoms. The standard InChI is InChI=1S/C24H36N2O11/c1-13(22(32)33)4-10-20(30)25-18(15(3)28)9-7-17(29)12-16(23(34)35)6-11-21(31)26-19(24(36)37)8-5-14(2)27/h13,16,18-19H,4-12H2,1-3H3,(H,25,30)(H,26,31)(H,32,33)(H,34,35)(H,36,37)/t13-,16+,18-,19-/m0/s1. The monoisotopic (exact) mass is 528 g/mol. The molecule has 0 unspecified atom stereocenters. The van der Waals surface area contributed by atoms with Gasteiger partial charge in [-0.25, -0.2) is 4.79 Å². The van der Waals surface area contributed by atoms with E-state index in [2.05, 4.69) is 10.6 Å². The molecule has 0 aromatic carbocycles. The Labute approximate surface area is 214 Å². The lowest BCUT2D eigenvalue weighted by Gasteiger charge is -2.17. The molecular weight excluding hydrogens is 492 g/mol. The summed E-state index contributed by atoms with van der Waals surface area (Å²) in [5.41, 5.74) is 0. The molecule has 0 saturated carbocycles. The average molecular weight is 529 g/mol. The summed E-state index contributed by atoms with van der Waals surface area (Å²) in [7, 11) is 0. The summed E-state index contributed by atoms with van der Waals surface area (Å²) in [5, 5.41) is 32.1. The summed E-state index contributed by atoms with van der Waals surface area (Å²) in [6.07, 6.45) is -1.50. The van der Waals surface area contributed by atoms with Crippen LogP contribution in [0.15, 0.2) is 0 Å². The predicted octanol–water partition coefficient (Wildman–Crippen LogP) is 0.720. The number of hydrogen-bond donors (Lipinski definition) is 5. The smallest absolute Gasteiger partial charge is 0.326 e. The molecule has 5 N–H and O–H groups in total. The maximum absolute atomic E-state index is 12.4. The maximum Gasteiger partial charge on any atom is 0.326 e. The second-order valence-electron chi connectivity index (χ2n) is 9.06. The molecular formula is C24H36N2O11. The Morgan fingerprint density at radius 1 is 0.622 bits per heavy atom. The van der Waals surface area contributed by atoms with Crippen molar-refractivity contribution >= 4 is 47.1 Å². The van der Waals surface area contributed by atoms with Gasteiger partial charge in [0.05, 0.1) is 17.9 Å². The van der Waals surface area contributed by atoms with Crippen LogP contribution in [0.1, 0.15) is 78.6 Å². The Morgan fingerprint density at radius 2 is 1.14 bits per heavy atom. The molecule has 0 saturated heterocycles. The fourth-order valence-electron chi connectivity index (χ4n) is 3.29. The lowest BCUT2D eigenvalue weighted by atomic mass is 9.93. The van der Waals surface area contributed by atoms with Gasteiger partial charge in [0.15, 0.2) is 5.78 Å². The van der Waals surface area contributed by atoms with Crippen molar-refractivity contribution in [2.75, 3.05) is 0 Å². The van der Waals surface area contributed by atoms with Crippen LogP contribution in [0.5, 0.6) is 0 Å². The third-order valence-corrected chi connectivity index (χ3v) is 5.73. The van der Waals surface area contributed by atoms with Gasteiger partial charge in [0.25, 0.3) is 0 Å². The van der Waals surface area contributed by atoms with Gasteiger partial charge in [0, 0.05) is 32.1 Å². The second-order valence-corrected chi connectivity index (χ2v) is 9.06. The minimum absolute atomic E-state index is 0.0489. The number of amides is 2. The van der Waals surface area contributed by atoms with Gasteiger partial charge in [0.2, 0.25) is 11.8 Å². The Morgan fingerprint density at radius 3 is 1.59 bits per heavy atom. The van der Waals surface area contributed by atoms with E-state index in [1.54, 1.807) is 0 Å². The molecule has 0 bridgehead atoms. The molecule has 0 aliphatic heterocycles. The number of aliphatic carboxylic acids is 3. The molecule has 0 spiro atoms. The van der Waals surface area contributed by atoms with Crippen molar-refractivity contribution in [3.63, 3.8) is 0 Å². The van der Waals surface area contributed by atoms with E-state index in [1.165, 1.54) is 20.8 Å². The van der Waals surface area contributed by atoms with Crippen molar-refractivity contribution in [1.29, 1.82) is 0 Å². The lowest BCUT2D eigenvalue weighted by molar-refractivity contribution is -0.145. The molecule has 0 radical (unpaired) electrons. The van der Waals surface area contributed by atoms with E-state index < -0.39 is 71.6 Å². The summed E-state index contributed by atoms with van der Waals surface area (Å²) in [6, 6.07) is -2.29. The first-order chi connectivity index (χ1) is 17.1. The van der Waals surface area contributed by atoms with Gasteiger partial charge in [-0.15, -0.1) is 0 Å². The minimum atomic E-state index is -1.33. The van der Waals surface area contributed by atoms with Crippen molar-refractivity contribution in [3.05, 3.63) is 0 Å². The fourth-order valence-corrected chi connectivity index (χ4v) is 3.29. The van der Waals surface area contributed by atoms with E-state index >= 15 is 0 Å². The molecule has 4 atom stereocenters. The van der Waals surface area contributed by atoms with Crippen molar-refractivity contribution in [2.24, 2.45) is 11.8 Å². The average Bonchev–Trinajstić information content (AvgIpc) is 2.79. The van der Waals surface area contributed by atoms with Gasteiger partial charge < -0.3 is 30.7 Å². The van der Waals surface area contributed by atoms with Crippen LogP contribution >= 0.6 is 0 Å². The first-order valence-corrected chi connectivity index (χ1v) is 11.9. The highest BCUT2D eigenvalue weighted by molar-refractivity contribution is 5.89. The Bertz CT molecular complexity index is 884. The third kappa shape index (κ3) is 15.2. The third-order valence-electron chi connectivity index (χ3n) is 5.73. The molecule has 208 valence electrons. The summed E-state index contributed by atoms with van der Waals surface area (Å²) >= 11 is 0. The molecule has 0 aromatic heterocycles. The number of carbonyl (C=O) groups is 8. The summed E-state index contributed by atoms with van der Waals surface area (Å²) in [6.45, 7) is 3.94. The molecule has 0 rings (SSSR count). The van der Waals surface area contributed by atoms with Crippen LogP contribution in [0.4, 0.5) is 0 Å². The van der Waals surface area contributed by atoms with Crippen LogP contribution in [0.2, 0.25) is 0 Å². The largest absolute Gasteiger partial charge is 0.481 e. The highest BCUT2D eigenvalue weighted by atomic mass is 16.4. The maximum atomic E-state index is 12.4. The van der Waals surface area contributed by atoms with E-state index in [4.69, 9.17) is 10.2 Å². The number of carboxylic acids is 3. The molecule has 2 amide bonds. The van der Waals surface area contributed by atoms with Crippen molar-refractivity contribution < 1.29 is 53.7 Å². The number of rotatable bonds is 20. The van der Waals surface area contributed by atoms with Crippen molar-refractivity contribution in [2.45, 2.75) is 90.6 Å². The van der Waals surface area contributed by atoms with Gasteiger partial charge in [0.1, 0.15) is 17.6 Å². The zero-order valence-electron chi connectivity index (χ0n) is 21.3. The van der Waals surface area contributed by atoms with Crippen LogP contribution in [0, 0.1) is 11.8 Å².